The lowest BCUT2D eigenvalue weighted by Crippen LogP contribution is -2.39. The second kappa shape index (κ2) is 18.2. The highest BCUT2D eigenvalue weighted by Gasteiger charge is 2.12. The average Bonchev–Trinajstić information content (AvgIpc) is 2.76. The Morgan fingerprint density at radius 2 is 1.33 bits per heavy atom. The number of ether oxygens (including phenoxy) is 1. The molecule has 0 aliphatic rings. The molecule has 0 spiro atoms. The van der Waals surface area contributed by atoms with Gasteiger partial charge in [0.1, 0.15) is 5.75 Å². The van der Waals surface area contributed by atoms with E-state index in [-0.39, 0.29) is 5.91 Å². The predicted molar refractivity (Wildman–Crippen MR) is 131 cm³/mol. The zero-order valence-corrected chi connectivity index (χ0v) is 20.0. The highest BCUT2D eigenvalue weighted by atomic mass is 32.1. The van der Waals surface area contributed by atoms with Crippen molar-refractivity contribution >= 4 is 23.2 Å². The number of amides is 1. The van der Waals surface area contributed by atoms with Crippen molar-refractivity contribution in [3.8, 4) is 5.75 Å². The van der Waals surface area contributed by atoms with E-state index in [1.165, 1.54) is 83.5 Å². The van der Waals surface area contributed by atoms with Crippen molar-refractivity contribution < 1.29 is 9.53 Å². The van der Waals surface area contributed by atoms with Crippen LogP contribution in [-0.2, 0) is 0 Å². The Balaban J connectivity index is 1.93. The Bertz CT molecular complexity index is 592. The first kappa shape index (κ1) is 26.4. The molecule has 1 amide bonds. The van der Waals surface area contributed by atoms with Gasteiger partial charge in [0.2, 0.25) is 0 Å². The van der Waals surface area contributed by atoms with Gasteiger partial charge in [-0.3, -0.25) is 10.1 Å². The lowest BCUT2D eigenvalue weighted by molar-refractivity contribution is 0.0973. The van der Waals surface area contributed by atoms with Crippen molar-refractivity contribution in [1.29, 1.82) is 0 Å². The van der Waals surface area contributed by atoms with Gasteiger partial charge in [0.15, 0.2) is 5.11 Å². The number of benzene rings is 1. The third kappa shape index (κ3) is 12.8. The van der Waals surface area contributed by atoms with Crippen LogP contribution >= 0.6 is 12.2 Å². The summed E-state index contributed by atoms with van der Waals surface area (Å²) in [5.41, 5.74) is 0.487. The molecule has 1 aromatic carbocycles. The standard InChI is InChI=1S/C25H42N2O2S/c1-3-4-5-6-7-8-9-10-11-12-13-14-15-18-21-26-25(30)27-24(28)22-19-16-17-20-23(22)29-2/h16-17,19-20H,3-15,18,21H2,1-2H3,(H2,26,27,28,30). The van der Waals surface area contributed by atoms with E-state index in [2.05, 4.69) is 17.6 Å². The summed E-state index contributed by atoms with van der Waals surface area (Å²) < 4.78 is 5.21. The Labute approximate surface area is 189 Å². The summed E-state index contributed by atoms with van der Waals surface area (Å²) in [7, 11) is 1.55. The molecular weight excluding hydrogens is 392 g/mol. The van der Waals surface area contributed by atoms with Gasteiger partial charge in [0.25, 0.3) is 5.91 Å². The van der Waals surface area contributed by atoms with Gasteiger partial charge in [-0.25, -0.2) is 0 Å². The minimum Gasteiger partial charge on any atom is -0.496 e. The number of carbonyl (C=O) groups is 1. The lowest BCUT2D eigenvalue weighted by atomic mass is 10.0. The maximum absolute atomic E-state index is 12.3. The van der Waals surface area contributed by atoms with Crippen LogP contribution in [0.2, 0.25) is 0 Å². The lowest BCUT2D eigenvalue weighted by Gasteiger charge is -2.11. The van der Waals surface area contributed by atoms with Crippen LogP contribution < -0.4 is 15.4 Å². The molecule has 0 saturated heterocycles. The fourth-order valence-electron chi connectivity index (χ4n) is 3.57. The van der Waals surface area contributed by atoms with E-state index in [9.17, 15) is 4.79 Å². The Kier molecular flexibility index (Phi) is 16.0. The van der Waals surface area contributed by atoms with Gasteiger partial charge in [-0.1, -0.05) is 103 Å². The molecule has 1 rings (SSSR count). The molecule has 0 heterocycles. The number of thiocarbonyl (C=S) groups is 1. The van der Waals surface area contributed by atoms with Crippen molar-refractivity contribution in [2.75, 3.05) is 13.7 Å². The van der Waals surface area contributed by atoms with Crippen LogP contribution in [0.25, 0.3) is 0 Å². The average molecular weight is 435 g/mol. The van der Waals surface area contributed by atoms with E-state index in [0.29, 0.717) is 16.4 Å². The highest BCUT2D eigenvalue weighted by Crippen LogP contribution is 2.16. The Morgan fingerprint density at radius 3 is 1.87 bits per heavy atom. The van der Waals surface area contributed by atoms with Crippen LogP contribution in [0.4, 0.5) is 0 Å². The minimum absolute atomic E-state index is 0.245. The molecule has 0 atom stereocenters. The Morgan fingerprint density at radius 1 is 0.833 bits per heavy atom. The summed E-state index contributed by atoms with van der Waals surface area (Å²) >= 11 is 5.23. The molecule has 0 aliphatic heterocycles. The van der Waals surface area contributed by atoms with Crippen LogP contribution in [0.3, 0.4) is 0 Å². The van der Waals surface area contributed by atoms with E-state index < -0.39 is 0 Å². The van der Waals surface area contributed by atoms with E-state index >= 15 is 0 Å². The van der Waals surface area contributed by atoms with Crippen molar-refractivity contribution in [2.45, 2.75) is 96.8 Å². The van der Waals surface area contributed by atoms with E-state index in [1.54, 1.807) is 19.2 Å². The van der Waals surface area contributed by atoms with E-state index in [4.69, 9.17) is 17.0 Å². The number of rotatable bonds is 17. The second-order valence-electron chi connectivity index (χ2n) is 8.01. The molecule has 5 heteroatoms. The fraction of sp³-hybridized carbons (Fsp3) is 0.680. The molecule has 1 aromatic rings. The molecule has 30 heavy (non-hydrogen) atoms. The second-order valence-corrected chi connectivity index (χ2v) is 8.41. The molecule has 0 aliphatic carbocycles. The molecular formula is C25H42N2O2S. The van der Waals surface area contributed by atoms with E-state index in [1.807, 2.05) is 12.1 Å². The number of hydrogen-bond donors (Lipinski definition) is 2. The molecule has 0 aromatic heterocycles. The highest BCUT2D eigenvalue weighted by molar-refractivity contribution is 7.80. The molecule has 170 valence electrons. The van der Waals surface area contributed by atoms with Gasteiger partial charge in [0, 0.05) is 6.54 Å². The number of hydrogen-bond acceptors (Lipinski definition) is 3. The first-order valence-electron chi connectivity index (χ1n) is 11.9. The van der Waals surface area contributed by atoms with Crippen LogP contribution in [0.15, 0.2) is 24.3 Å². The van der Waals surface area contributed by atoms with Crippen molar-refractivity contribution in [3.05, 3.63) is 29.8 Å². The maximum atomic E-state index is 12.3. The van der Waals surface area contributed by atoms with Crippen LogP contribution in [0.5, 0.6) is 5.75 Å². The van der Waals surface area contributed by atoms with Crippen molar-refractivity contribution in [1.82, 2.24) is 10.6 Å². The SMILES string of the molecule is CCCCCCCCCCCCCCCCNC(=S)NC(=O)c1ccccc1OC. The Hall–Kier alpha value is -1.62. The summed E-state index contributed by atoms with van der Waals surface area (Å²) in [5, 5.41) is 6.22. The number of carbonyl (C=O) groups excluding carboxylic acids is 1. The molecule has 0 saturated carbocycles. The van der Waals surface area contributed by atoms with Crippen molar-refractivity contribution in [2.24, 2.45) is 0 Å². The predicted octanol–water partition coefficient (Wildman–Crippen LogP) is 6.78. The third-order valence-electron chi connectivity index (χ3n) is 5.39. The zero-order valence-electron chi connectivity index (χ0n) is 19.1. The first-order chi connectivity index (χ1) is 14.7. The van der Waals surface area contributed by atoms with Gasteiger partial charge >= 0.3 is 0 Å². The minimum atomic E-state index is -0.245. The van der Waals surface area contributed by atoms with Gasteiger partial charge < -0.3 is 10.1 Å². The quantitative estimate of drug-likeness (QED) is 0.209. The van der Waals surface area contributed by atoms with Gasteiger partial charge in [0.05, 0.1) is 12.7 Å². The largest absolute Gasteiger partial charge is 0.496 e. The molecule has 0 radical (unpaired) electrons. The smallest absolute Gasteiger partial charge is 0.261 e. The summed E-state index contributed by atoms with van der Waals surface area (Å²) in [5.74, 6) is 0.302. The molecule has 2 N–H and O–H groups in total. The van der Waals surface area contributed by atoms with Gasteiger partial charge in [-0.15, -0.1) is 0 Å². The maximum Gasteiger partial charge on any atom is 0.261 e. The van der Waals surface area contributed by atoms with Gasteiger partial charge in [-0.05, 0) is 30.8 Å². The summed E-state index contributed by atoms with van der Waals surface area (Å²) in [6.45, 7) is 3.07. The number of unbranched alkanes of at least 4 members (excludes halogenated alkanes) is 13. The summed E-state index contributed by atoms with van der Waals surface area (Å²) in [6, 6.07) is 7.13. The van der Waals surface area contributed by atoms with Crippen LogP contribution in [0.1, 0.15) is 107 Å². The van der Waals surface area contributed by atoms with Gasteiger partial charge in [-0.2, -0.15) is 0 Å². The molecule has 0 fully saturated rings. The third-order valence-corrected chi connectivity index (χ3v) is 5.64. The fourth-order valence-corrected chi connectivity index (χ4v) is 3.76. The normalized spacial score (nSPS) is 10.6. The van der Waals surface area contributed by atoms with Crippen LogP contribution in [0, 0.1) is 0 Å². The van der Waals surface area contributed by atoms with Crippen LogP contribution in [-0.4, -0.2) is 24.7 Å². The summed E-state index contributed by atoms with van der Waals surface area (Å²) in [4.78, 5) is 12.3. The number of methoxy groups -OCH3 is 1. The molecule has 0 unspecified atom stereocenters. The van der Waals surface area contributed by atoms with E-state index in [0.717, 1.165) is 13.0 Å². The monoisotopic (exact) mass is 434 g/mol. The summed E-state index contributed by atoms with van der Waals surface area (Å²) in [6.07, 6.45) is 18.9. The molecule has 4 nitrogen and oxygen atoms in total. The van der Waals surface area contributed by atoms with Crippen molar-refractivity contribution in [3.63, 3.8) is 0 Å². The number of nitrogens with one attached hydrogen (secondary N) is 2. The number of para-hydroxylation sites is 1. The topological polar surface area (TPSA) is 50.4 Å². The first-order valence-corrected chi connectivity index (χ1v) is 12.3. The molecule has 0 bridgehead atoms. The zero-order chi connectivity index (χ0) is 21.9.